The van der Waals surface area contributed by atoms with Gasteiger partial charge in [-0.2, -0.15) is 0 Å². The largest absolute Gasteiger partial charge is 0.450 e. The number of piperazine rings is 1. The number of hydrogen-bond donors (Lipinski definition) is 2. The molecule has 0 spiro atoms. The van der Waals surface area contributed by atoms with Gasteiger partial charge in [-0.1, -0.05) is 13.3 Å². The predicted octanol–water partition coefficient (Wildman–Crippen LogP) is 1.15. The fourth-order valence-electron chi connectivity index (χ4n) is 2.85. The molecule has 1 aromatic heterocycles. The molecule has 156 valence electrons. The minimum atomic E-state index is -0.786. The highest BCUT2D eigenvalue weighted by molar-refractivity contribution is 5.86. The molecule has 0 bridgehead atoms. The van der Waals surface area contributed by atoms with Gasteiger partial charge < -0.3 is 29.6 Å². The van der Waals surface area contributed by atoms with Crippen molar-refractivity contribution in [3.05, 3.63) is 18.2 Å². The summed E-state index contributed by atoms with van der Waals surface area (Å²) >= 11 is 0. The summed E-state index contributed by atoms with van der Waals surface area (Å²) in [5.74, 6) is -0.223. The molecule has 1 aliphatic heterocycles. The van der Waals surface area contributed by atoms with Crippen molar-refractivity contribution in [2.24, 2.45) is 0 Å². The molecule has 0 aliphatic carbocycles. The lowest BCUT2D eigenvalue weighted by molar-refractivity contribution is -0.135. The van der Waals surface area contributed by atoms with Crippen LogP contribution in [-0.2, 0) is 20.7 Å². The van der Waals surface area contributed by atoms with E-state index >= 15 is 0 Å². The van der Waals surface area contributed by atoms with Crippen LogP contribution in [0.15, 0.2) is 12.5 Å². The second-order valence-corrected chi connectivity index (χ2v) is 6.46. The Morgan fingerprint density at radius 2 is 1.89 bits per heavy atom. The van der Waals surface area contributed by atoms with Gasteiger partial charge in [0.15, 0.2) is 0 Å². The van der Waals surface area contributed by atoms with Crippen LogP contribution in [-0.4, -0.2) is 83.3 Å². The van der Waals surface area contributed by atoms with Crippen LogP contribution < -0.4 is 5.32 Å². The molecule has 1 fully saturated rings. The van der Waals surface area contributed by atoms with Crippen LogP contribution >= 0.6 is 0 Å². The van der Waals surface area contributed by atoms with Gasteiger partial charge in [-0.3, -0.25) is 4.79 Å². The van der Waals surface area contributed by atoms with E-state index in [1.54, 1.807) is 22.9 Å². The predicted molar refractivity (Wildman–Crippen MR) is 101 cm³/mol. The number of nitrogens with one attached hydrogen (secondary N) is 2. The van der Waals surface area contributed by atoms with Crippen molar-refractivity contribution in [3.63, 3.8) is 0 Å². The van der Waals surface area contributed by atoms with Crippen LogP contribution in [0.25, 0.3) is 0 Å². The van der Waals surface area contributed by atoms with Crippen molar-refractivity contribution in [1.82, 2.24) is 25.1 Å². The van der Waals surface area contributed by atoms with Gasteiger partial charge in [-0.05, 0) is 13.3 Å². The monoisotopic (exact) mass is 395 g/mol. The van der Waals surface area contributed by atoms with E-state index in [1.165, 1.54) is 6.33 Å². The van der Waals surface area contributed by atoms with E-state index < -0.39 is 12.1 Å². The SMILES string of the molecule is CCCCOC(=O)NC(Cc1c[nH]cn1)C(=O)N1CCN(C(=O)OCC)CC1. The lowest BCUT2D eigenvalue weighted by atomic mass is 10.1. The molecule has 10 heteroatoms. The van der Waals surface area contributed by atoms with Crippen LogP contribution in [0.2, 0.25) is 0 Å². The van der Waals surface area contributed by atoms with Crippen LogP contribution in [0.3, 0.4) is 0 Å². The zero-order chi connectivity index (χ0) is 20.4. The summed E-state index contributed by atoms with van der Waals surface area (Å²) in [6, 6.07) is -0.786. The molecule has 1 unspecified atom stereocenters. The van der Waals surface area contributed by atoms with Crippen LogP contribution in [0.5, 0.6) is 0 Å². The fraction of sp³-hybridized carbons (Fsp3) is 0.667. The highest BCUT2D eigenvalue weighted by Crippen LogP contribution is 2.09. The number of carbonyl (C=O) groups is 3. The number of hydrogen-bond acceptors (Lipinski definition) is 6. The maximum absolute atomic E-state index is 13.0. The minimum Gasteiger partial charge on any atom is -0.450 e. The van der Waals surface area contributed by atoms with Crippen LogP contribution in [0.4, 0.5) is 9.59 Å². The highest BCUT2D eigenvalue weighted by atomic mass is 16.6. The number of unbranched alkanes of at least 4 members (excludes halogenated alkanes) is 1. The Balaban J connectivity index is 1.94. The smallest absolute Gasteiger partial charge is 0.409 e. The van der Waals surface area contributed by atoms with E-state index in [4.69, 9.17) is 9.47 Å². The first-order valence-electron chi connectivity index (χ1n) is 9.66. The third-order valence-corrected chi connectivity index (χ3v) is 4.41. The van der Waals surface area contributed by atoms with Gasteiger partial charge in [-0.15, -0.1) is 0 Å². The molecule has 1 aliphatic rings. The molecular weight excluding hydrogens is 366 g/mol. The van der Waals surface area contributed by atoms with Crippen molar-refractivity contribution >= 4 is 18.1 Å². The summed E-state index contributed by atoms with van der Waals surface area (Å²) in [7, 11) is 0. The Morgan fingerprint density at radius 1 is 1.18 bits per heavy atom. The normalized spacial score (nSPS) is 15.1. The molecule has 0 saturated carbocycles. The summed E-state index contributed by atoms with van der Waals surface area (Å²) < 4.78 is 10.1. The number of ether oxygens (including phenoxy) is 2. The third-order valence-electron chi connectivity index (χ3n) is 4.41. The van der Waals surface area contributed by atoms with Crippen molar-refractivity contribution in [1.29, 1.82) is 0 Å². The molecule has 1 saturated heterocycles. The number of imidazole rings is 1. The van der Waals surface area contributed by atoms with E-state index in [9.17, 15) is 14.4 Å². The Morgan fingerprint density at radius 3 is 2.50 bits per heavy atom. The Kier molecular flexibility index (Phi) is 8.57. The topological polar surface area (TPSA) is 117 Å². The van der Waals surface area contributed by atoms with Gasteiger partial charge in [0.05, 0.1) is 25.2 Å². The van der Waals surface area contributed by atoms with Gasteiger partial charge in [0.25, 0.3) is 0 Å². The second kappa shape index (κ2) is 11.2. The molecule has 10 nitrogen and oxygen atoms in total. The molecule has 2 heterocycles. The maximum atomic E-state index is 13.0. The number of alkyl carbamates (subject to hydrolysis) is 1. The Bertz CT molecular complexity index is 628. The van der Waals surface area contributed by atoms with Gasteiger partial charge in [-0.25, -0.2) is 14.6 Å². The first-order valence-corrected chi connectivity index (χ1v) is 9.66. The maximum Gasteiger partial charge on any atom is 0.409 e. The summed E-state index contributed by atoms with van der Waals surface area (Å²) in [5.41, 5.74) is 0.664. The average molecular weight is 395 g/mol. The molecule has 2 rings (SSSR count). The minimum absolute atomic E-state index is 0.223. The summed E-state index contributed by atoms with van der Waals surface area (Å²) in [4.78, 5) is 47.0. The highest BCUT2D eigenvalue weighted by Gasteiger charge is 2.31. The molecular formula is C18H29N5O5. The lowest BCUT2D eigenvalue weighted by Gasteiger charge is -2.35. The molecule has 0 radical (unpaired) electrons. The number of H-pyrrole nitrogens is 1. The number of nitrogens with zero attached hydrogens (tertiary/aromatic N) is 3. The molecule has 28 heavy (non-hydrogen) atoms. The number of aromatic nitrogens is 2. The average Bonchev–Trinajstić information content (AvgIpc) is 3.20. The van der Waals surface area contributed by atoms with Crippen molar-refractivity contribution in [3.8, 4) is 0 Å². The molecule has 2 N–H and O–H groups in total. The molecule has 1 aromatic rings. The summed E-state index contributed by atoms with van der Waals surface area (Å²) in [6.07, 6.45) is 4.14. The van der Waals surface area contributed by atoms with Crippen molar-refractivity contribution in [2.45, 2.75) is 39.2 Å². The standard InChI is InChI=1S/C18H29N5O5/c1-3-5-10-28-17(25)21-15(11-14-12-19-13-20-14)16(24)22-6-8-23(9-7-22)18(26)27-4-2/h12-13,15H,3-11H2,1-2H3,(H,19,20)(H,21,25). The second-order valence-electron chi connectivity index (χ2n) is 6.46. The summed E-state index contributed by atoms with van der Waals surface area (Å²) in [5, 5.41) is 2.65. The third kappa shape index (κ3) is 6.43. The number of amides is 3. The fourth-order valence-corrected chi connectivity index (χ4v) is 2.85. The number of carbonyl (C=O) groups excluding carboxylic acids is 3. The zero-order valence-corrected chi connectivity index (χ0v) is 16.5. The zero-order valence-electron chi connectivity index (χ0n) is 16.5. The van der Waals surface area contributed by atoms with E-state index in [-0.39, 0.29) is 18.4 Å². The Hall–Kier alpha value is -2.78. The molecule has 1 atom stereocenters. The first-order chi connectivity index (χ1) is 13.5. The summed E-state index contributed by atoms with van der Waals surface area (Å²) in [6.45, 7) is 5.91. The lowest BCUT2D eigenvalue weighted by Crippen LogP contribution is -2.56. The first kappa shape index (κ1) is 21.5. The number of aromatic amines is 1. The van der Waals surface area contributed by atoms with E-state index in [1.807, 2.05) is 6.92 Å². The van der Waals surface area contributed by atoms with E-state index in [2.05, 4.69) is 15.3 Å². The van der Waals surface area contributed by atoms with E-state index in [0.29, 0.717) is 45.1 Å². The Labute approximate surface area is 164 Å². The van der Waals surface area contributed by atoms with Crippen LogP contribution in [0.1, 0.15) is 32.4 Å². The van der Waals surface area contributed by atoms with E-state index in [0.717, 1.165) is 12.8 Å². The number of rotatable bonds is 8. The van der Waals surface area contributed by atoms with Crippen molar-refractivity contribution in [2.75, 3.05) is 39.4 Å². The van der Waals surface area contributed by atoms with Gasteiger partial charge in [0, 0.05) is 38.8 Å². The van der Waals surface area contributed by atoms with Crippen LogP contribution in [0, 0.1) is 0 Å². The van der Waals surface area contributed by atoms with Gasteiger partial charge in [0.1, 0.15) is 6.04 Å². The molecule has 0 aromatic carbocycles. The van der Waals surface area contributed by atoms with Gasteiger partial charge in [0.2, 0.25) is 5.91 Å². The molecule has 3 amide bonds. The van der Waals surface area contributed by atoms with Crippen molar-refractivity contribution < 1.29 is 23.9 Å². The quantitative estimate of drug-likeness (QED) is 0.638. The van der Waals surface area contributed by atoms with Gasteiger partial charge >= 0.3 is 12.2 Å².